The molecular formula is C25H20N4O5. The van der Waals surface area contributed by atoms with Gasteiger partial charge in [0, 0.05) is 18.5 Å². The fraction of sp³-hybridized carbons (Fsp3) is 0.120. The summed E-state index contributed by atoms with van der Waals surface area (Å²) in [6.07, 6.45) is 0.358. The summed E-state index contributed by atoms with van der Waals surface area (Å²) in [6, 6.07) is 21.9. The summed E-state index contributed by atoms with van der Waals surface area (Å²) in [5, 5.41) is 10.9. The maximum atomic E-state index is 12.2. The van der Waals surface area contributed by atoms with Crippen LogP contribution in [-0.4, -0.2) is 30.3 Å². The first-order chi connectivity index (χ1) is 16.5. The molecule has 1 aliphatic heterocycles. The van der Waals surface area contributed by atoms with Gasteiger partial charge in [0.05, 0.1) is 22.6 Å². The van der Waals surface area contributed by atoms with Gasteiger partial charge in [-0.3, -0.25) is 19.3 Å². The number of ether oxygens (including phenoxy) is 1. The topological polar surface area (TPSA) is 118 Å². The van der Waals surface area contributed by atoms with Gasteiger partial charge in [0.25, 0.3) is 5.91 Å². The van der Waals surface area contributed by atoms with Gasteiger partial charge in [-0.05, 0) is 60.7 Å². The summed E-state index contributed by atoms with van der Waals surface area (Å²) in [7, 11) is 0. The van der Waals surface area contributed by atoms with Crippen LogP contribution in [0, 0.1) is 0 Å². The molecule has 0 bridgehead atoms. The third kappa shape index (κ3) is 5.57. The van der Waals surface area contributed by atoms with Crippen LogP contribution < -0.4 is 10.2 Å². The fourth-order valence-corrected chi connectivity index (χ4v) is 3.24. The highest BCUT2D eigenvalue weighted by Gasteiger charge is 2.30. The summed E-state index contributed by atoms with van der Waals surface area (Å²) in [5.74, 6) is -1.75. The first-order valence-corrected chi connectivity index (χ1v) is 10.5. The van der Waals surface area contributed by atoms with Crippen LogP contribution in [0.15, 0.2) is 89.1 Å². The second kappa shape index (κ2) is 10.3. The average Bonchev–Trinajstić information content (AvgIpc) is 3.20. The number of amides is 3. The fourth-order valence-electron chi connectivity index (χ4n) is 3.24. The zero-order valence-corrected chi connectivity index (χ0v) is 18.0. The van der Waals surface area contributed by atoms with E-state index in [1.54, 1.807) is 24.3 Å². The molecule has 9 nitrogen and oxygen atoms in total. The van der Waals surface area contributed by atoms with Crippen molar-refractivity contribution in [1.82, 2.24) is 0 Å². The Bertz CT molecular complexity index is 1220. The minimum atomic E-state index is -0.697. The number of hydrogen-bond acceptors (Lipinski definition) is 7. The van der Waals surface area contributed by atoms with Gasteiger partial charge in [-0.25, -0.2) is 4.79 Å². The van der Waals surface area contributed by atoms with Gasteiger partial charge in [-0.15, -0.1) is 0 Å². The van der Waals surface area contributed by atoms with Crippen molar-refractivity contribution in [2.75, 3.05) is 16.8 Å². The van der Waals surface area contributed by atoms with Crippen molar-refractivity contribution in [3.8, 4) is 0 Å². The minimum Gasteiger partial charge on any atom is -0.452 e. The number of hydrogen-bond donors (Lipinski definition) is 1. The molecule has 9 heteroatoms. The molecule has 4 rings (SSSR count). The molecule has 1 N–H and O–H groups in total. The standard InChI is InChI=1S/C25H20N4O5/c30-22(26-18-8-10-20(11-9-18)28-27-19-4-2-1-3-5-19)16-34-25(33)17-6-12-21(13-7-17)29-23(31)14-15-24(29)32/h1-13H,14-16H2,(H,26,30). The third-order valence-corrected chi connectivity index (χ3v) is 4.94. The van der Waals surface area contributed by atoms with E-state index >= 15 is 0 Å². The van der Waals surface area contributed by atoms with E-state index in [9.17, 15) is 19.2 Å². The van der Waals surface area contributed by atoms with Crippen molar-refractivity contribution >= 4 is 46.4 Å². The molecule has 1 fully saturated rings. The lowest BCUT2D eigenvalue weighted by atomic mass is 10.2. The van der Waals surface area contributed by atoms with Gasteiger partial charge < -0.3 is 10.1 Å². The number of rotatable bonds is 7. The lowest BCUT2D eigenvalue weighted by Gasteiger charge is -2.14. The van der Waals surface area contributed by atoms with E-state index in [0.717, 1.165) is 10.6 Å². The lowest BCUT2D eigenvalue weighted by molar-refractivity contribution is -0.121. The zero-order valence-electron chi connectivity index (χ0n) is 18.0. The molecule has 0 aromatic heterocycles. The Morgan fingerprint density at radius 2 is 1.38 bits per heavy atom. The van der Waals surface area contributed by atoms with Crippen molar-refractivity contribution in [2.45, 2.75) is 12.8 Å². The van der Waals surface area contributed by atoms with E-state index in [2.05, 4.69) is 15.5 Å². The van der Waals surface area contributed by atoms with Gasteiger partial charge in [0.15, 0.2) is 6.61 Å². The van der Waals surface area contributed by atoms with Crippen LogP contribution >= 0.6 is 0 Å². The Kier molecular flexibility index (Phi) is 6.83. The molecule has 1 heterocycles. The molecule has 0 aliphatic carbocycles. The smallest absolute Gasteiger partial charge is 0.338 e. The highest BCUT2D eigenvalue weighted by molar-refractivity contribution is 6.19. The number of nitrogens with one attached hydrogen (secondary N) is 1. The quantitative estimate of drug-likeness (QED) is 0.318. The minimum absolute atomic E-state index is 0.179. The van der Waals surface area contributed by atoms with E-state index in [-0.39, 0.29) is 30.2 Å². The number of carbonyl (C=O) groups excluding carboxylic acids is 4. The van der Waals surface area contributed by atoms with Crippen molar-refractivity contribution in [1.29, 1.82) is 0 Å². The van der Waals surface area contributed by atoms with Gasteiger partial charge >= 0.3 is 5.97 Å². The molecule has 0 saturated carbocycles. The molecular weight excluding hydrogens is 436 g/mol. The summed E-state index contributed by atoms with van der Waals surface area (Å²) >= 11 is 0. The molecule has 0 atom stereocenters. The predicted molar refractivity (Wildman–Crippen MR) is 124 cm³/mol. The van der Waals surface area contributed by atoms with Crippen molar-refractivity contribution in [3.63, 3.8) is 0 Å². The summed E-state index contributed by atoms with van der Waals surface area (Å²) in [4.78, 5) is 49.1. The lowest BCUT2D eigenvalue weighted by Crippen LogP contribution is -2.28. The van der Waals surface area contributed by atoms with Gasteiger partial charge in [0.2, 0.25) is 11.8 Å². The molecule has 170 valence electrons. The maximum Gasteiger partial charge on any atom is 0.338 e. The van der Waals surface area contributed by atoms with E-state index in [4.69, 9.17) is 4.74 Å². The number of anilines is 2. The molecule has 1 saturated heterocycles. The van der Waals surface area contributed by atoms with Gasteiger partial charge in [0.1, 0.15) is 0 Å². The third-order valence-electron chi connectivity index (χ3n) is 4.94. The van der Waals surface area contributed by atoms with E-state index < -0.39 is 18.5 Å². The SMILES string of the molecule is O=C(COC(=O)c1ccc(N2C(=O)CCC2=O)cc1)Nc1ccc(N=Nc2ccccc2)cc1. The largest absolute Gasteiger partial charge is 0.452 e. The van der Waals surface area contributed by atoms with Crippen molar-refractivity contribution in [2.24, 2.45) is 10.2 Å². The van der Waals surface area contributed by atoms with Crippen LogP contribution in [0.2, 0.25) is 0 Å². The number of esters is 1. The number of azo groups is 1. The molecule has 34 heavy (non-hydrogen) atoms. The highest BCUT2D eigenvalue weighted by Crippen LogP contribution is 2.23. The Balaban J connectivity index is 1.26. The Labute approximate surface area is 195 Å². The van der Waals surface area contributed by atoms with Crippen LogP contribution in [0.3, 0.4) is 0 Å². The van der Waals surface area contributed by atoms with Crippen LogP contribution in [-0.2, 0) is 19.1 Å². The van der Waals surface area contributed by atoms with Gasteiger partial charge in [-0.1, -0.05) is 18.2 Å². The molecule has 0 spiro atoms. The molecule has 3 amide bonds. The molecule has 3 aromatic carbocycles. The average molecular weight is 456 g/mol. The second-order valence-electron chi connectivity index (χ2n) is 7.38. The zero-order chi connectivity index (χ0) is 23.9. The van der Waals surface area contributed by atoms with Crippen LogP contribution in [0.4, 0.5) is 22.7 Å². The first kappa shape index (κ1) is 22.5. The summed E-state index contributed by atoms with van der Waals surface area (Å²) in [5.41, 5.74) is 2.46. The van der Waals surface area contributed by atoms with Crippen LogP contribution in [0.25, 0.3) is 0 Å². The van der Waals surface area contributed by atoms with Crippen molar-refractivity contribution in [3.05, 3.63) is 84.4 Å². The summed E-state index contributed by atoms with van der Waals surface area (Å²) in [6.45, 7) is -0.473. The van der Waals surface area contributed by atoms with E-state index in [1.807, 2.05) is 30.3 Å². The molecule has 1 aliphatic rings. The van der Waals surface area contributed by atoms with E-state index in [1.165, 1.54) is 24.3 Å². The van der Waals surface area contributed by atoms with Crippen LogP contribution in [0.5, 0.6) is 0 Å². The molecule has 0 unspecified atom stereocenters. The summed E-state index contributed by atoms with van der Waals surface area (Å²) < 4.78 is 5.05. The predicted octanol–water partition coefficient (Wildman–Crippen LogP) is 4.55. The molecule has 3 aromatic rings. The second-order valence-corrected chi connectivity index (χ2v) is 7.38. The van der Waals surface area contributed by atoms with Crippen LogP contribution in [0.1, 0.15) is 23.2 Å². The maximum absolute atomic E-state index is 12.2. The van der Waals surface area contributed by atoms with Crippen molar-refractivity contribution < 1.29 is 23.9 Å². The van der Waals surface area contributed by atoms with E-state index in [0.29, 0.717) is 17.1 Å². The molecule has 0 radical (unpaired) electrons. The number of imide groups is 1. The normalized spacial score (nSPS) is 13.4. The Morgan fingerprint density at radius 1 is 0.794 bits per heavy atom. The monoisotopic (exact) mass is 456 g/mol. The highest BCUT2D eigenvalue weighted by atomic mass is 16.5. The number of nitrogens with zero attached hydrogens (tertiary/aromatic N) is 3. The Morgan fingerprint density at radius 3 is 2.00 bits per heavy atom. The first-order valence-electron chi connectivity index (χ1n) is 10.5. The van der Waals surface area contributed by atoms with Gasteiger partial charge in [-0.2, -0.15) is 10.2 Å². The Hall–Kier alpha value is -4.66. The number of carbonyl (C=O) groups is 4. The number of benzene rings is 3.